The smallest absolute Gasteiger partial charge is 0.178 e. The van der Waals surface area contributed by atoms with Crippen molar-refractivity contribution in [2.75, 3.05) is 21.3 Å². The van der Waals surface area contributed by atoms with Gasteiger partial charge >= 0.3 is 0 Å². The molecule has 0 saturated heterocycles. The minimum absolute atomic E-state index is 0.147. The highest BCUT2D eigenvalue weighted by Gasteiger charge is 2.17. The highest BCUT2D eigenvalue weighted by molar-refractivity contribution is 6.04. The lowest BCUT2D eigenvalue weighted by Crippen LogP contribution is -1.95. The zero-order chi connectivity index (χ0) is 23.2. The summed E-state index contributed by atoms with van der Waals surface area (Å²) in [5.74, 6) is 2.00. The van der Waals surface area contributed by atoms with E-state index < -0.39 is 0 Å². The van der Waals surface area contributed by atoms with Gasteiger partial charge in [-0.3, -0.25) is 9.20 Å². The lowest BCUT2D eigenvalue weighted by molar-refractivity contribution is -0.110. The van der Waals surface area contributed by atoms with E-state index in [-0.39, 0.29) is 5.78 Å². The van der Waals surface area contributed by atoms with Gasteiger partial charge in [-0.1, -0.05) is 24.3 Å². The van der Waals surface area contributed by atoms with Crippen LogP contribution in [0.25, 0.3) is 29.1 Å². The van der Waals surface area contributed by atoms with Crippen LogP contribution in [-0.4, -0.2) is 36.5 Å². The number of methoxy groups -OCH3 is 3. The van der Waals surface area contributed by atoms with Gasteiger partial charge < -0.3 is 14.2 Å². The maximum absolute atomic E-state index is 12.5. The molecule has 166 valence electrons. The second-order valence-electron chi connectivity index (χ2n) is 7.18. The molecular formula is C27H24N2O4. The van der Waals surface area contributed by atoms with Gasteiger partial charge in [0.1, 0.15) is 22.9 Å². The summed E-state index contributed by atoms with van der Waals surface area (Å²) < 4.78 is 18.1. The van der Waals surface area contributed by atoms with Gasteiger partial charge in [0, 0.05) is 11.8 Å². The van der Waals surface area contributed by atoms with Crippen molar-refractivity contribution in [1.29, 1.82) is 0 Å². The third-order valence-electron chi connectivity index (χ3n) is 5.18. The molecule has 0 radical (unpaired) electrons. The first-order chi connectivity index (χ1) is 16.1. The fourth-order valence-corrected chi connectivity index (χ4v) is 3.51. The number of pyridine rings is 1. The lowest BCUT2D eigenvalue weighted by atomic mass is 10.1. The Hall–Kier alpha value is -4.32. The summed E-state index contributed by atoms with van der Waals surface area (Å²) in [6.45, 7) is 0. The topological polar surface area (TPSA) is 62.1 Å². The Morgan fingerprint density at radius 1 is 0.848 bits per heavy atom. The maximum Gasteiger partial charge on any atom is 0.178 e. The molecule has 0 spiro atoms. The van der Waals surface area contributed by atoms with Gasteiger partial charge in [-0.05, 0) is 66.3 Å². The first-order valence-corrected chi connectivity index (χ1v) is 10.4. The number of ether oxygens (including phenoxy) is 3. The van der Waals surface area contributed by atoms with Gasteiger partial charge in [-0.25, -0.2) is 4.98 Å². The van der Waals surface area contributed by atoms with Gasteiger partial charge in [0.05, 0.1) is 32.7 Å². The van der Waals surface area contributed by atoms with Crippen LogP contribution in [-0.2, 0) is 4.79 Å². The number of fused-ring (bicyclic) bond motifs is 1. The number of aromatic nitrogens is 2. The molecule has 4 aromatic rings. The Balaban J connectivity index is 1.69. The van der Waals surface area contributed by atoms with Crippen molar-refractivity contribution >= 4 is 23.6 Å². The van der Waals surface area contributed by atoms with Gasteiger partial charge in [0.25, 0.3) is 0 Å². The monoisotopic (exact) mass is 440 g/mol. The van der Waals surface area contributed by atoms with E-state index in [4.69, 9.17) is 19.2 Å². The van der Waals surface area contributed by atoms with E-state index in [0.717, 1.165) is 28.2 Å². The number of hydrogen-bond acceptors (Lipinski definition) is 5. The average Bonchev–Trinajstić information content (AvgIpc) is 3.24. The molecule has 4 rings (SSSR count). The minimum Gasteiger partial charge on any atom is -0.497 e. The molecule has 0 bridgehead atoms. The minimum atomic E-state index is -0.147. The van der Waals surface area contributed by atoms with Crippen molar-refractivity contribution in [2.45, 2.75) is 0 Å². The van der Waals surface area contributed by atoms with Crippen LogP contribution in [0.4, 0.5) is 0 Å². The number of hydrogen-bond donors (Lipinski definition) is 0. The second-order valence-corrected chi connectivity index (χ2v) is 7.18. The van der Waals surface area contributed by atoms with Gasteiger partial charge in [-0.15, -0.1) is 0 Å². The highest BCUT2D eigenvalue weighted by atomic mass is 16.5. The molecule has 0 aliphatic rings. The normalized spacial score (nSPS) is 11.4. The van der Waals surface area contributed by atoms with Crippen molar-refractivity contribution in [2.24, 2.45) is 0 Å². The number of benzene rings is 2. The zero-order valence-corrected chi connectivity index (χ0v) is 18.7. The van der Waals surface area contributed by atoms with Crippen molar-refractivity contribution < 1.29 is 19.0 Å². The molecule has 6 heteroatoms. The lowest BCUT2D eigenvalue weighted by Gasteiger charge is -2.11. The van der Waals surface area contributed by atoms with Crippen molar-refractivity contribution in [3.8, 4) is 28.5 Å². The summed E-state index contributed by atoms with van der Waals surface area (Å²) >= 11 is 0. The van der Waals surface area contributed by atoms with Gasteiger partial charge in [0.15, 0.2) is 5.78 Å². The van der Waals surface area contributed by atoms with Crippen LogP contribution < -0.4 is 14.2 Å². The molecule has 0 aliphatic carbocycles. The van der Waals surface area contributed by atoms with E-state index in [2.05, 4.69) is 0 Å². The van der Waals surface area contributed by atoms with E-state index >= 15 is 0 Å². The molecule has 33 heavy (non-hydrogen) atoms. The van der Waals surface area contributed by atoms with E-state index in [1.165, 1.54) is 12.2 Å². The van der Waals surface area contributed by atoms with Crippen LogP contribution >= 0.6 is 0 Å². The molecule has 6 nitrogen and oxygen atoms in total. The summed E-state index contributed by atoms with van der Waals surface area (Å²) in [6.07, 6.45) is 8.46. The fourth-order valence-electron chi connectivity index (χ4n) is 3.51. The molecule has 0 fully saturated rings. The largest absolute Gasteiger partial charge is 0.497 e. The van der Waals surface area contributed by atoms with Crippen molar-refractivity contribution in [3.63, 3.8) is 0 Å². The van der Waals surface area contributed by atoms with Crippen molar-refractivity contribution in [1.82, 2.24) is 9.38 Å². The number of allylic oxidation sites excluding steroid dienone is 2. The molecule has 2 aromatic carbocycles. The summed E-state index contributed by atoms with van der Waals surface area (Å²) in [5, 5.41) is 0. The molecule has 0 unspecified atom stereocenters. The standard InChI is InChI=1S/C27H24N2O4/c1-31-21-12-8-19(9-13-21)7-10-20(30)11-15-24-27(29-17-5-4-6-26(29)28-24)23-18-22(32-2)14-16-25(23)33-3/h4-18H,1-3H3/b10-7+,15-11+. The number of ketones is 1. The number of rotatable bonds is 8. The highest BCUT2D eigenvalue weighted by Crippen LogP contribution is 2.36. The summed E-state index contributed by atoms with van der Waals surface area (Å²) in [7, 11) is 4.86. The maximum atomic E-state index is 12.5. The van der Waals surface area contributed by atoms with Gasteiger partial charge in [-0.2, -0.15) is 0 Å². The van der Waals surface area contributed by atoms with Crippen LogP contribution in [0, 0.1) is 0 Å². The molecule has 2 heterocycles. The van der Waals surface area contributed by atoms with Crippen LogP contribution in [0.2, 0.25) is 0 Å². The van der Waals surface area contributed by atoms with E-state index in [1.54, 1.807) is 33.5 Å². The zero-order valence-electron chi connectivity index (χ0n) is 18.7. The SMILES string of the molecule is COc1ccc(/C=C/C(=O)/C=C/c2nc3ccccn3c2-c2cc(OC)ccc2OC)cc1. The quantitative estimate of drug-likeness (QED) is 0.347. The fraction of sp³-hybridized carbons (Fsp3) is 0.111. The Bertz CT molecular complexity index is 1330. The molecule has 0 aliphatic heterocycles. The summed E-state index contributed by atoms with van der Waals surface area (Å²) in [6, 6.07) is 18.8. The summed E-state index contributed by atoms with van der Waals surface area (Å²) in [5.41, 5.74) is 3.95. The Morgan fingerprint density at radius 3 is 2.30 bits per heavy atom. The number of carbonyl (C=O) groups is 1. The first-order valence-electron chi connectivity index (χ1n) is 10.4. The predicted octanol–water partition coefficient (Wildman–Crippen LogP) is 5.32. The van der Waals surface area contributed by atoms with Crippen LogP contribution in [0.1, 0.15) is 11.3 Å². The first kappa shape index (κ1) is 21.9. The third-order valence-corrected chi connectivity index (χ3v) is 5.18. The second kappa shape index (κ2) is 9.87. The number of imidazole rings is 1. The predicted molar refractivity (Wildman–Crippen MR) is 130 cm³/mol. The molecule has 0 N–H and O–H groups in total. The Kier molecular flexibility index (Phi) is 6.55. The molecule has 2 aromatic heterocycles. The Labute approximate surface area is 192 Å². The Morgan fingerprint density at radius 2 is 1.58 bits per heavy atom. The van der Waals surface area contributed by atoms with Gasteiger partial charge in [0.2, 0.25) is 0 Å². The molecular weight excluding hydrogens is 416 g/mol. The van der Waals surface area contributed by atoms with Crippen LogP contribution in [0.5, 0.6) is 17.2 Å². The van der Waals surface area contributed by atoms with Crippen molar-refractivity contribution in [3.05, 3.63) is 90.3 Å². The molecule has 0 atom stereocenters. The number of nitrogens with zero attached hydrogens (tertiary/aromatic N) is 2. The van der Waals surface area contributed by atoms with E-state index in [1.807, 2.05) is 71.3 Å². The summed E-state index contributed by atoms with van der Waals surface area (Å²) in [4.78, 5) is 17.2. The van der Waals surface area contributed by atoms with Crippen LogP contribution in [0.15, 0.2) is 79.0 Å². The van der Waals surface area contributed by atoms with Crippen LogP contribution in [0.3, 0.4) is 0 Å². The molecule has 0 amide bonds. The average molecular weight is 440 g/mol. The number of carbonyl (C=O) groups excluding carboxylic acids is 1. The molecule has 0 saturated carbocycles. The van der Waals surface area contributed by atoms with E-state index in [9.17, 15) is 4.79 Å². The third kappa shape index (κ3) is 4.80. The van der Waals surface area contributed by atoms with E-state index in [0.29, 0.717) is 17.2 Å².